The third-order valence-corrected chi connectivity index (χ3v) is 7.93. The van der Waals surface area contributed by atoms with Gasteiger partial charge in [0.25, 0.3) is 5.91 Å². The topological polar surface area (TPSA) is 84.0 Å². The molecule has 0 aliphatic carbocycles. The molecule has 0 saturated carbocycles. The summed E-state index contributed by atoms with van der Waals surface area (Å²) in [4.78, 5) is 27.5. The molecule has 1 fully saturated rings. The van der Waals surface area contributed by atoms with Crippen LogP contribution in [0.2, 0.25) is 0 Å². The van der Waals surface area contributed by atoms with E-state index < -0.39 is 22.1 Å². The average Bonchev–Trinajstić information content (AvgIpc) is 2.83. The molecule has 2 aromatic carbocycles. The normalized spacial score (nSPS) is 18.0. The average molecular weight is 457 g/mol. The van der Waals surface area contributed by atoms with E-state index in [-0.39, 0.29) is 16.4 Å². The molecule has 1 saturated heterocycles. The molecule has 2 aliphatic heterocycles. The van der Waals surface area contributed by atoms with Crippen LogP contribution in [-0.2, 0) is 26.0 Å². The first-order valence-electron chi connectivity index (χ1n) is 11.1. The summed E-state index contributed by atoms with van der Waals surface area (Å²) < 4.78 is 32.8. The molecule has 0 bridgehead atoms. The highest BCUT2D eigenvalue weighted by Gasteiger charge is 2.30. The fourth-order valence-electron chi connectivity index (χ4n) is 4.30. The van der Waals surface area contributed by atoms with Crippen molar-refractivity contribution in [3.8, 4) is 0 Å². The number of para-hydroxylation sites is 1. The number of hydrogen-bond acceptors (Lipinski definition) is 5. The number of ether oxygens (including phenoxy) is 1. The summed E-state index contributed by atoms with van der Waals surface area (Å²) in [5.41, 5.74) is 2.06. The number of anilines is 1. The number of carbonyl (C=O) groups excluding carboxylic acids is 2. The fourth-order valence-corrected chi connectivity index (χ4v) is 5.86. The molecule has 0 aromatic heterocycles. The third kappa shape index (κ3) is 4.56. The zero-order chi connectivity index (χ0) is 22.7. The lowest BCUT2D eigenvalue weighted by atomic mass is 10.0. The molecule has 0 spiro atoms. The number of piperidine rings is 1. The Kier molecular flexibility index (Phi) is 6.62. The van der Waals surface area contributed by atoms with E-state index >= 15 is 0 Å². The van der Waals surface area contributed by atoms with Crippen molar-refractivity contribution in [1.29, 1.82) is 0 Å². The Hall–Kier alpha value is -2.71. The van der Waals surface area contributed by atoms with Gasteiger partial charge in [-0.3, -0.25) is 4.79 Å². The van der Waals surface area contributed by atoms with Crippen molar-refractivity contribution in [1.82, 2.24) is 4.31 Å². The number of hydrogen-bond donors (Lipinski definition) is 0. The van der Waals surface area contributed by atoms with Crippen LogP contribution < -0.4 is 4.90 Å². The minimum atomic E-state index is -3.66. The summed E-state index contributed by atoms with van der Waals surface area (Å²) >= 11 is 0. The van der Waals surface area contributed by atoms with Gasteiger partial charge in [-0.2, -0.15) is 4.31 Å². The van der Waals surface area contributed by atoms with E-state index in [0.717, 1.165) is 43.4 Å². The Morgan fingerprint density at radius 3 is 2.47 bits per heavy atom. The summed E-state index contributed by atoms with van der Waals surface area (Å²) in [7, 11) is -3.66. The van der Waals surface area contributed by atoms with Gasteiger partial charge in [0.05, 0.1) is 10.5 Å². The Bertz CT molecular complexity index is 1110. The summed E-state index contributed by atoms with van der Waals surface area (Å²) in [6, 6.07) is 13.6. The van der Waals surface area contributed by atoms with Crippen LogP contribution in [0.15, 0.2) is 53.4 Å². The van der Waals surface area contributed by atoms with Gasteiger partial charge in [0.1, 0.15) is 0 Å². The molecule has 4 rings (SSSR count). The van der Waals surface area contributed by atoms with Crippen LogP contribution >= 0.6 is 0 Å². The number of nitrogens with zero attached hydrogens (tertiary/aromatic N) is 2. The largest absolute Gasteiger partial charge is 0.449 e. The highest BCUT2D eigenvalue weighted by atomic mass is 32.2. The van der Waals surface area contributed by atoms with Crippen LogP contribution in [0.1, 0.15) is 48.5 Å². The van der Waals surface area contributed by atoms with Crippen molar-refractivity contribution in [3.05, 3.63) is 59.7 Å². The van der Waals surface area contributed by atoms with Crippen LogP contribution in [0.4, 0.5) is 5.69 Å². The summed E-state index contributed by atoms with van der Waals surface area (Å²) in [6.07, 6.45) is 3.45. The number of esters is 1. The highest BCUT2D eigenvalue weighted by Crippen LogP contribution is 2.28. The van der Waals surface area contributed by atoms with Crippen LogP contribution in [0.25, 0.3) is 0 Å². The summed E-state index contributed by atoms with van der Waals surface area (Å²) in [5.74, 6) is -1.01. The number of benzene rings is 2. The smallest absolute Gasteiger partial charge is 0.338 e. The van der Waals surface area contributed by atoms with Crippen LogP contribution in [-0.4, -0.2) is 50.3 Å². The molecule has 32 heavy (non-hydrogen) atoms. The van der Waals surface area contributed by atoms with E-state index in [1.807, 2.05) is 24.3 Å². The van der Waals surface area contributed by atoms with E-state index in [9.17, 15) is 18.0 Å². The number of rotatable bonds is 5. The molecule has 7 nitrogen and oxygen atoms in total. The summed E-state index contributed by atoms with van der Waals surface area (Å²) in [5, 5.41) is 0. The van der Waals surface area contributed by atoms with Gasteiger partial charge in [-0.25, -0.2) is 13.2 Å². The minimum Gasteiger partial charge on any atom is -0.449 e. The first-order valence-corrected chi connectivity index (χ1v) is 12.5. The van der Waals surface area contributed by atoms with Crippen molar-refractivity contribution >= 4 is 27.6 Å². The third-order valence-electron chi connectivity index (χ3n) is 6.03. The molecular formula is C24H28N2O5S. The van der Waals surface area contributed by atoms with E-state index in [1.54, 1.807) is 11.8 Å². The SMILES string of the molecule is CC(OC(=O)c1cccc(S(=O)(=O)N2CCCCC2)c1)C(=O)N1CCCc2ccccc21. The Morgan fingerprint density at radius 2 is 1.69 bits per heavy atom. The van der Waals surface area contributed by atoms with Gasteiger partial charge in [-0.1, -0.05) is 30.7 Å². The van der Waals surface area contributed by atoms with Crippen molar-refractivity contribution in [2.24, 2.45) is 0 Å². The van der Waals surface area contributed by atoms with Crippen molar-refractivity contribution < 1.29 is 22.7 Å². The molecule has 1 unspecified atom stereocenters. The molecule has 2 aliphatic rings. The monoisotopic (exact) mass is 456 g/mol. The lowest BCUT2D eigenvalue weighted by Gasteiger charge is -2.31. The lowest BCUT2D eigenvalue weighted by molar-refractivity contribution is -0.126. The van der Waals surface area contributed by atoms with Gasteiger partial charge in [0, 0.05) is 25.3 Å². The predicted molar refractivity (Wildman–Crippen MR) is 121 cm³/mol. The number of amides is 1. The summed E-state index contributed by atoms with van der Waals surface area (Å²) in [6.45, 7) is 3.09. The minimum absolute atomic E-state index is 0.0674. The second-order valence-electron chi connectivity index (χ2n) is 8.26. The van der Waals surface area contributed by atoms with Gasteiger partial charge in [-0.05, 0) is 62.4 Å². The van der Waals surface area contributed by atoms with E-state index in [1.165, 1.54) is 28.6 Å². The maximum Gasteiger partial charge on any atom is 0.338 e. The van der Waals surface area contributed by atoms with Gasteiger partial charge < -0.3 is 9.64 Å². The van der Waals surface area contributed by atoms with Gasteiger partial charge >= 0.3 is 5.97 Å². The van der Waals surface area contributed by atoms with E-state index in [4.69, 9.17) is 4.74 Å². The zero-order valence-electron chi connectivity index (χ0n) is 18.2. The number of sulfonamides is 1. The first-order chi connectivity index (χ1) is 15.4. The highest BCUT2D eigenvalue weighted by molar-refractivity contribution is 7.89. The molecule has 8 heteroatoms. The molecule has 1 atom stereocenters. The van der Waals surface area contributed by atoms with Crippen LogP contribution in [0, 0.1) is 0 Å². The molecule has 1 amide bonds. The molecule has 2 aromatic rings. The molecule has 2 heterocycles. The van der Waals surface area contributed by atoms with Gasteiger partial charge in [-0.15, -0.1) is 0 Å². The van der Waals surface area contributed by atoms with Gasteiger partial charge in [0.2, 0.25) is 10.0 Å². The van der Waals surface area contributed by atoms with Crippen molar-refractivity contribution in [2.45, 2.75) is 50.0 Å². The Labute approximate surface area is 189 Å². The Morgan fingerprint density at radius 1 is 0.938 bits per heavy atom. The quantitative estimate of drug-likeness (QED) is 0.644. The van der Waals surface area contributed by atoms with Crippen LogP contribution in [0.3, 0.4) is 0 Å². The number of carbonyl (C=O) groups is 2. The molecule has 170 valence electrons. The number of fused-ring (bicyclic) bond motifs is 1. The zero-order valence-corrected chi connectivity index (χ0v) is 19.0. The maximum atomic E-state index is 13.0. The first kappa shape index (κ1) is 22.5. The second-order valence-corrected chi connectivity index (χ2v) is 10.2. The lowest BCUT2D eigenvalue weighted by Crippen LogP contribution is -2.42. The predicted octanol–water partition coefficient (Wildman–Crippen LogP) is 3.39. The Balaban J connectivity index is 1.47. The molecule has 0 N–H and O–H groups in total. The van der Waals surface area contributed by atoms with Crippen molar-refractivity contribution in [3.63, 3.8) is 0 Å². The maximum absolute atomic E-state index is 13.0. The number of aryl methyl sites for hydroxylation is 1. The van der Waals surface area contributed by atoms with Crippen molar-refractivity contribution in [2.75, 3.05) is 24.5 Å². The van der Waals surface area contributed by atoms with E-state index in [0.29, 0.717) is 19.6 Å². The second kappa shape index (κ2) is 9.42. The molecule has 0 radical (unpaired) electrons. The molecular weight excluding hydrogens is 428 g/mol. The fraction of sp³-hybridized carbons (Fsp3) is 0.417. The van der Waals surface area contributed by atoms with Gasteiger partial charge in [0.15, 0.2) is 6.10 Å². The standard InChI is InChI=1S/C24H28N2O5S/c1-18(23(27)26-16-8-11-19-9-3-4-13-22(19)26)31-24(28)20-10-7-12-21(17-20)32(29,30)25-14-5-2-6-15-25/h3-4,7,9-10,12-13,17-18H,2,5-6,8,11,14-16H2,1H3. The van der Waals surface area contributed by atoms with Crippen LogP contribution in [0.5, 0.6) is 0 Å². The van der Waals surface area contributed by atoms with E-state index in [2.05, 4.69) is 0 Å².